The van der Waals surface area contributed by atoms with Crippen LogP contribution in [-0.2, 0) is 0 Å². The summed E-state index contributed by atoms with van der Waals surface area (Å²) in [5, 5.41) is 0. The maximum atomic E-state index is 5.39. The first-order valence-electron chi connectivity index (χ1n) is 4.59. The number of aryl methyl sites for hydroxylation is 1. The second-order valence-corrected chi connectivity index (χ2v) is 3.06. The van der Waals surface area contributed by atoms with Gasteiger partial charge < -0.3 is 4.42 Å². The molecular formula is C12H15NO. The Morgan fingerprint density at radius 2 is 1.93 bits per heavy atom. The van der Waals surface area contributed by atoms with Gasteiger partial charge in [0.1, 0.15) is 5.69 Å². The van der Waals surface area contributed by atoms with E-state index < -0.39 is 0 Å². The number of aromatic nitrogens is 1. The van der Waals surface area contributed by atoms with Gasteiger partial charge >= 0.3 is 0 Å². The molecule has 0 saturated heterocycles. The molecule has 74 valence electrons. The molecule has 1 aromatic heterocycles. The van der Waals surface area contributed by atoms with Crippen LogP contribution in [0.25, 0.3) is 12.2 Å². The predicted molar refractivity (Wildman–Crippen MR) is 59.7 cm³/mol. The number of nitrogens with zero attached hydrogens (tertiary/aromatic N) is 1. The third kappa shape index (κ3) is 2.22. The zero-order chi connectivity index (χ0) is 10.6. The quantitative estimate of drug-likeness (QED) is 0.584. The lowest BCUT2D eigenvalue weighted by molar-refractivity contribution is 0.512. The van der Waals surface area contributed by atoms with Crippen LogP contribution in [0.15, 0.2) is 29.7 Å². The van der Waals surface area contributed by atoms with Crippen LogP contribution in [0.2, 0.25) is 0 Å². The van der Waals surface area contributed by atoms with E-state index in [4.69, 9.17) is 4.42 Å². The zero-order valence-electron chi connectivity index (χ0n) is 8.66. The number of fused-ring (bicyclic) bond motifs is 1. The van der Waals surface area contributed by atoms with E-state index in [1.807, 2.05) is 19.1 Å². The van der Waals surface area contributed by atoms with Gasteiger partial charge in [0.2, 0.25) is 0 Å². The molecule has 1 aliphatic carbocycles. The van der Waals surface area contributed by atoms with E-state index in [0.29, 0.717) is 5.92 Å². The summed E-state index contributed by atoms with van der Waals surface area (Å²) in [5.74, 6) is 2.06. The summed E-state index contributed by atoms with van der Waals surface area (Å²) in [6.45, 7) is 9.99. The van der Waals surface area contributed by atoms with Crippen LogP contribution in [0.1, 0.15) is 24.3 Å². The fourth-order valence-corrected chi connectivity index (χ4v) is 1.24. The summed E-state index contributed by atoms with van der Waals surface area (Å²) >= 11 is 0. The van der Waals surface area contributed by atoms with Crippen molar-refractivity contribution >= 4 is 12.2 Å². The average Bonchev–Trinajstić information content (AvgIpc) is 2.47. The Bertz CT molecular complexity index is 329. The van der Waals surface area contributed by atoms with Crippen molar-refractivity contribution in [1.82, 2.24) is 4.98 Å². The highest BCUT2D eigenvalue weighted by molar-refractivity contribution is 5.61. The SMILES string of the molecule is C=C.Cc1nc2c(o1)C=CC(C)C=C2. The smallest absolute Gasteiger partial charge is 0.192 e. The molecule has 0 fully saturated rings. The van der Waals surface area contributed by atoms with Crippen molar-refractivity contribution in [2.45, 2.75) is 13.8 Å². The normalized spacial score (nSPS) is 18.0. The zero-order valence-corrected chi connectivity index (χ0v) is 8.66. The second-order valence-electron chi connectivity index (χ2n) is 3.06. The molecule has 14 heavy (non-hydrogen) atoms. The summed E-state index contributed by atoms with van der Waals surface area (Å²) in [4.78, 5) is 4.24. The van der Waals surface area contributed by atoms with Gasteiger partial charge in [-0.15, -0.1) is 13.2 Å². The molecular weight excluding hydrogens is 174 g/mol. The fraction of sp³-hybridized carbons (Fsp3) is 0.250. The third-order valence-electron chi connectivity index (χ3n) is 1.90. The molecule has 1 aliphatic rings. The number of allylic oxidation sites excluding steroid dienone is 2. The van der Waals surface area contributed by atoms with Crippen LogP contribution in [-0.4, -0.2) is 4.98 Å². The van der Waals surface area contributed by atoms with Crippen LogP contribution in [0.4, 0.5) is 0 Å². The molecule has 0 radical (unpaired) electrons. The maximum Gasteiger partial charge on any atom is 0.192 e. The number of hydrogen-bond acceptors (Lipinski definition) is 2. The van der Waals surface area contributed by atoms with Crippen LogP contribution in [0.5, 0.6) is 0 Å². The summed E-state index contributed by atoms with van der Waals surface area (Å²) in [6, 6.07) is 0. The van der Waals surface area contributed by atoms with Crippen LogP contribution in [0.3, 0.4) is 0 Å². The van der Waals surface area contributed by atoms with Crippen molar-refractivity contribution < 1.29 is 4.42 Å². The maximum absolute atomic E-state index is 5.39. The van der Waals surface area contributed by atoms with Crippen molar-refractivity contribution in [3.05, 3.63) is 42.7 Å². The average molecular weight is 189 g/mol. The monoisotopic (exact) mass is 189 g/mol. The van der Waals surface area contributed by atoms with E-state index in [1.165, 1.54) is 0 Å². The van der Waals surface area contributed by atoms with Gasteiger partial charge in [0.05, 0.1) is 0 Å². The molecule has 1 aromatic rings. The molecule has 0 spiro atoms. The lowest BCUT2D eigenvalue weighted by Gasteiger charge is -1.91. The predicted octanol–water partition coefficient (Wildman–Crippen LogP) is 3.46. The first-order chi connectivity index (χ1) is 6.75. The number of rotatable bonds is 0. The number of oxazole rings is 1. The first kappa shape index (κ1) is 10.5. The molecule has 0 N–H and O–H groups in total. The molecule has 1 unspecified atom stereocenters. The molecule has 2 nitrogen and oxygen atoms in total. The lowest BCUT2D eigenvalue weighted by Crippen LogP contribution is -1.78. The lowest BCUT2D eigenvalue weighted by atomic mass is 10.2. The van der Waals surface area contributed by atoms with E-state index in [2.05, 4.69) is 37.2 Å². The van der Waals surface area contributed by atoms with Gasteiger partial charge in [-0.2, -0.15) is 0 Å². The van der Waals surface area contributed by atoms with Crippen LogP contribution >= 0.6 is 0 Å². The molecule has 2 rings (SSSR count). The van der Waals surface area contributed by atoms with Gasteiger partial charge in [0, 0.05) is 6.92 Å². The van der Waals surface area contributed by atoms with Crippen molar-refractivity contribution in [3.63, 3.8) is 0 Å². The second kappa shape index (κ2) is 4.61. The fourth-order valence-electron chi connectivity index (χ4n) is 1.24. The summed E-state index contributed by atoms with van der Waals surface area (Å²) in [6.07, 6.45) is 8.22. The Kier molecular flexibility index (Phi) is 3.46. The minimum Gasteiger partial charge on any atom is -0.441 e. The molecule has 0 aliphatic heterocycles. The molecule has 1 atom stereocenters. The minimum atomic E-state index is 0.467. The molecule has 0 saturated carbocycles. The Hall–Kier alpha value is -1.57. The Morgan fingerprint density at radius 1 is 1.29 bits per heavy atom. The standard InChI is InChI=1S/C10H11NO.C2H4/c1-7-3-5-9-10(6-4-7)12-8(2)11-9;1-2/h3-7H,1-2H3;1-2H2. The van der Waals surface area contributed by atoms with E-state index in [-0.39, 0.29) is 0 Å². The highest BCUT2D eigenvalue weighted by Crippen LogP contribution is 2.19. The van der Waals surface area contributed by atoms with Crippen molar-refractivity contribution in [2.24, 2.45) is 5.92 Å². The molecule has 1 heterocycles. The van der Waals surface area contributed by atoms with Crippen LogP contribution < -0.4 is 0 Å². The largest absolute Gasteiger partial charge is 0.441 e. The minimum absolute atomic E-state index is 0.467. The van der Waals surface area contributed by atoms with E-state index >= 15 is 0 Å². The van der Waals surface area contributed by atoms with Crippen LogP contribution in [0, 0.1) is 12.8 Å². The molecule has 0 bridgehead atoms. The van der Waals surface area contributed by atoms with Crippen molar-refractivity contribution in [2.75, 3.05) is 0 Å². The van der Waals surface area contributed by atoms with E-state index in [1.54, 1.807) is 0 Å². The highest BCUT2D eigenvalue weighted by atomic mass is 16.4. The summed E-state index contributed by atoms with van der Waals surface area (Å²) in [7, 11) is 0. The number of hydrogen-bond donors (Lipinski definition) is 0. The first-order valence-corrected chi connectivity index (χ1v) is 4.59. The Labute approximate surface area is 84.7 Å². The van der Waals surface area contributed by atoms with Gasteiger partial charge in [-0.05, 0) is 18.1 Å². The topological polar surface area (TPSA) is 26.0 Å². The van der Waals surface area contributed by atoms with Gasteiger partial charge in [0.15, 0.2) is 11.7 Å². The highest BCUT2D eigenvalue weighted by Gasteiger charge is 2.07. The Balaban J connectivity index is 0.000000461. The van der Waals surface area contributed by atoms with Crippen molar-refractivity contribution in [1.29, 1.82) is 0 Å². The molecule has 2 heteroatoms. The van der Waals surface area contributed by atoms with Gasteiger partial charge in [0.25, 0.3) is 0 Å². The van der Waals surface area contributed by atoms with Gasteiger partial charge in [-0.3, -0.25) is 0 Å². The third-order valence-corrected chi connectivity index (χ3v) is 1.90. The van der Waals surface area contributed by atoms with E-state index in [0.717, 1.165) is 17.3 Å². The molecule has 0 amide bonds. The van der Waals surface area contributed by atoms with Gasteiger partial charge in [-0.1, -0.05) is 19.1 Å². The van der Waals surface area contributed by atoms with Gasteiger partial charge in [-0.25, -0.2) is 4.98 Å². The van der Waals surface area contributed by atoms with E-state index in [9.17, 15) is 0 Å². The molecule has 0 aromatic carbocycles. The van der Waals surface area contributed by atoms with Crippen molar-refractivity contribution in [3.8, 4) is 0 Å². The summed E-state index contributed by atoms with van der Waals surface area (Å²) < 4.78 is 5.39. The summed E-state index contributed by atoms with van der Waals surface area (Å²) in [5.41, 5.74) is 0.938. The Morgan fingerprint density at radius 3 is 2.64 bits per heavy atom.